The number of anilines is 1. The minimum absolute atomic E-state index is 0. The summed E-state index contributed by atoms with van der Waals surface area (Å²) in [4.78, 5) is 14.4. The average molecular weight is 310 g/mol. The molecule has 1 saturated heterocycles. The van der Waals surface area contributed by atoms with Gasteiger partial charge in [0, 0.05) is 31.4 Å². The molecule has 1 aliphatic heterocycles. The molecule has 2 aliphatic rings. The molecule has 21 heavy (non-hydrogen) atoms. The van der Waals surface area contributed by atoms with Crippen LogP contribution in [0, 0.1) is 0 Å². The van der Waals surface area contributed by atoms with Gasteiger partial charge in [-0.25, -0.2) is 0 Å². The first-order valence-electron chi connectivity index (χ1n) is 7.59. The van der Waals surface area contributed by atoms with Crippen LogP contribution >= 0.6 is 12.4 Å². The smallest absolute Gasteiger partial charge is 0.238 e. The van der Waals surface area contributed by atoms with Crippen molar-refractivity contribution in [2.75, 3.05) is 31.5 Å². The van der Waals surface area contributed by atoms with Crippen LogP contribution in [-0.2, 0) is 17.6 Å². The first-order chi connectivity index (χ1) is 9.72. The van der Waals surface area contributed by atoms with Crippen LogP contribution in [0.4, 0.5) is 5.69 Å². The van der Waals surface area contributed by atoms with E-state index in [9.17, 15) is 4.79 Å². The Morgan fingerprint density at radius 2 is 2.19 bits per heavy atom. The number of benzene rings is 1. The molecule has 5 heteroatoms. The van der Waals surface area contributed by atoms with Crippen molar-refractivity contribution in [1.82, 2.24) is 10.2 Å². The van der Waals surface area contributed by atoms with Gasteiger partial charge in [0.05, 0.1) is 6.54 Å². The van der Waals surface area contributed by atoms with Crippen LogP contribution < -0.4 is 10.6 Å². The molecular weight excluding hydrogens is 286 g/mol. The molecule has 1 atom stereocenters. The van der Waals surface area contributed by atoms with Crippen molar-refractivity contribution >= 4 is 24.0 Å². The normalized spacial score (nSPS) is 21.5. The Balaban J connectivity index is 0.00000161. The zero-order valence-corrected chi connectivity index (χ0v) is 13.3. The number of hydrogen-bond acceptors (Lipinski definition) is 3. The molecule has 1 aliphatic carbocycles. The maximum Gasteiger partial charge on any atom is 0.238 e. The first kappa shape index (κ1) is 16.3. The summed E-state index contributed by atoms with van der Waals surface area (Å²) in [6, 6.07) is 6.75. The Labute approximate surface area is 132 Å². The molecule has 2 N–H and O–H groups in total. The minimum Gasteiger partial charge on any atom is -0.325 e. The molecule has 0 bridgehead atoms. The third kappa shape index (κ3) is 3.96. The largest absolute Gasteiger partial charge is 0.325 e. The summed E-state index contributed by atoms with van der Waals surface area (Å²) in [5, 5.41) is 6.38. The summed E-state index contributed by atoms with van der Waals surface area (Å²) in [5.74, 6) is 0.0942. The van der Waals surface area contributed by atoms with Crippen molar-refractivity contribution in [2.45, 2.75) is 32.2 Å². The summed E-state index contributed by atoms with van der Waals surface area (Å²) >= 11 is 0. The van der Waals surface area contributed by atoms with Crippen LogP contribution in [0.15, 0.2) is 18.2 Å². The fraction of sp³-hybridized carbons (Fsp3) is 0.562. The van der Waals surface area contributed by atoms with Gasteiger partial charge in [0.15, 0.2) is 0 Å². The molecule has 1 amide bonds. The second kappa shape index (κ2) is 7.25. The van der Waals surface area contributed by atoms with Crippen molar-refractivity contribution in [3.63, 3.8) is 0 Å². The molecule has 0 aromatic heterocycles. The van der Waals surface area contributed by atoms with Gasteiger partial charge >= 0.3 is 0 Å². The Kier molecular flexibility index (Phi) is 5.62. The Morgan fingerprint density at radius 3 is 3.00 bits per heavy atom. The summed E-state index contributed by atoms with van der Waals surface area (Å²) in [7, 11) is 0. The van der Waals surface area contributed by atoms with E-state index in [1.807, 2.05) is 6.07 Å². The van der Waals surface area contributed by atoms with E-state index in [1.165, 1.54) is 24.0 Å². The van der Waals surface area contributed by atoms with E-state index in [2.05, 4.69) is 34.6 Å². The molecule has 3 rings (SSSR count). The molecule has 1 aromatic carbocycles. The minimum atomic E-state index is 0. The Morgan fingerprint density at radius 1 is 1.38 bits per heavy atom. The average Bonchev–Trinajstić information content (AvgIpc) is 2.89. The molecule has 1 unspecified atom stereocenters. The fourth-order valence-corrected chi connectivity index (χ4v) is 3.15. The number of aryl methyl sites for hydroxylation is 2. The summed E-state index contributed by atoms with van der Waals surface area (Å²) < 4.78 is 0. The molecular formula is C16H24ClN3O. The molecule has 1 fully saturated rings. The van der Waals surface area contributed by atoms with Gasteiger partial charge in [-0.1, -0.05) is 6.07 Å². The van der Waals surface area contributed by atoms with E-state index in [-0.39, 0.29) is 18.3 Å². The summed E-state index contributed by atoms with van der Waals surface area (Å²) in [6.45, 7) is 5.52. The Hall–Kier alpha value is -1.10. The van der Waals surface area contributed by atoms with Crippen molar-refractivity contribution in [3.8, 4) is 0 Å². The number of carbonyl (C=O) groups excluding carboxylic acids is 1. The predicted molar refractivity (Wildman–Crippen MR) is 88.2 cm³/mol. The lowest BCUT2D eigenvalue weighted by Gasteiger charge is -2.33. The van der Waals surface area contributed by atoms with E-state index >= 15 is 0 Å². The van der Waals surface area contributed by atoms with Crippen molar-refractivity contribution in [2.24, 2.45) is 0 Å². The van der Waals surface area contributed by atoms with E-state index in [4.69, 9.17) is 0 Å². The van der Waals surface area contributed by atoms with Gasteiger partial charge in [0.2, 0.25) is 5.91 Å². The maximum atomic E-state index is 12.2. The highest BCUT2D eigenvalue weighted by Gasteiger charge is 2.20. The highest BCUT2D eigenvalue weighted by atomic mass is 35.5. The highest BCUT2D eigenvalue weighted by molar-refractivity contribution is 5.92. The number of hydrogen-bond donors (Lipinski definition) is 2. The molecule has 0 radical (unpaired) electrons. The summed E-state index contributed by atoms with van der Waals surface area (Å²) in [5.41, 5.74) is 3.79. The number of amides is 1. The van der Waals surface area contributed by atoms with Gasteiger partial charge in [0.1, 0.15) is 0 Å². The molecule has 1 aromatic rings. The third-order valence-corrected chi connectivity index (χ3v) is 4.37. The van der Waals surface area contributed by atoms with Gasteiger partial charge in [-0.2, -0.15) is 0 Å². The second-order valence-electron chi connectivity index (χ2n) is 5.91. The van der Waals surface area contributed by atoms with Crippen LogP contribution in [-0.4, -0.2) is 43.0 Å². The van der Waals surface area contributed by atoms with Gasteiger partial charge < -0.3 is 10.6 Å². The third-order valence-electron chi connectivity index (χ3n) is 4.37. The zero-order valence-electron chi connectivity index (χ0n) is 12.5. The van der Waals surface area contributed by atoms with E-state index in [1.54, 1.807) is 0 Å². The fourth-order valence-electron chi connectivity index (χ4n) is 3.15. The van der Waals surface area contributed by atoms with Gasteiger partial charge in [-0.15, -0.1) is 12.4 Å². The van der Waals surface area contributed by atoms with Crippen LogP contribution in [0.5, 0.6) is 0 Å². The molecule has 0 spiro atoms. The SMILES string of the molecule is CC1CNCCN1CC(=O)Nc1ccc2c(c1)CCC2.Cl. The number of carbonyl (C=O) groups is 1. The lowest BCUT2D eigenvalue weighted by molar-refractivity contribution is -0.118. The molecule has 116 valence electrons. The van der Waals surface area contributed by atoms with Crippen LogP contribution in [0.3, 0.4) is 0 Å². The standard InChI is InChI=1S/C16H23N3O.ClH/c1-12-10-17-7-8-19(12)11-16(20)18-15-6-5-13-3-2-4-14(13)9-15;/h5-6,9,12,17H,2-4,7-8,10-11H2,1H3,(H,18,20);1H. The number of halogens is 1. The van der Waals surface area contributed by atoms with Crippen LogP contribution in [0.25, 0.3) is 0 Å². The monoisotopic (exact) mass is 309 g/mol. The van der Waals surface area contributed by atoms with Gasteiger partial charge in [-0.3, -0.25) is 9.69 Å². The highest BCUT2D eigenvalue weighted by Crippen LogP contribution is 2.24. The quantitative estimate of drug-likeness (QED) is 0.895. The predicted octanol–water partition coefficient (Wildman–Crippen LogP) is 1.83. The van der Waals surface area contributed by atoms with Crippen molar-refractivity contribution in [1.29, 1.82) is 0 Å². The molecule has 4 nitrogen and oxygen atoms in total. The van der Waals surface area contributed by atoms with E-state index < -0.39 is 0 Å². The van der Waals surface area contributed by atoms with Crippen molar-refractivity contribution in [3.05, 3.63) is 29.3 Å². The number of rotatable bonds is 3. The number of nitrogens with one attached hydrogen (secondary N) is 2. The Bertz CT molecular complexity index is 506. The lowest BCUT2D eigenvalue weighted by Crippen LogP contribution is -2.51. The van der Waals surface area contributed by atoms with Crippen molar-refractivity contribution < 1.29 is 4.79 Å². The zero-order chi connectivity index (χ0) is 13.9. The number of nitrogens with zero attached hydrogens (tertiary/aromatic N) is 1. The van der Waals surface area contributed by atoms with Gasteiger partial charge in [-0.05, 0) is 49.4 Å². The topological polar surface area (TPSA) is 44.4 Å². The molecule has 0 saturated carbocycles. The lowest BCUT2D eigenvalue weighted by atomic mass is 10.1. The molecule has 1 heterocycles. The second-order valence-corrected chi connectivity index (χ2v) is 5.91. The van der Waals surface area contributed by atoms with Crippen LogP contribution in [0.1, 0.15) is 24.5 Å². The number of fused-ring (bicyclic) bond motifs is 1. The van der Waals surface area contributed by atoms with Crippen LogP contribution in [0.2, 0.25) is 0 Å². The van der Waals surface area contributed by atoms with E-state index in [0.717, 1.165) is 31.7 Å². The van der Waals surface area contributed by atoms with Gasteiger partial charge in [0.25, 0.3) is 0 Å². The summed E-state index contributed by atoms with van der Waals surface area (Å²) in [6.07, 6.45) is 3.57. The first-order valence-corrected chi connectivity index (χ1v) is 7.59. The maximum absolute atomic E-state index is 12.2. The van der Waals surface area contributed by atoms with E-state index in [0.29, 0.717) is 12.6 Å². The number of piperazine rings is 1.